The van der Waals surface area contributed by atoms with E-state index in [0.717, 1.165) is 57.1 Å². The van der Waals surface area contributed by atoms with Gasteiger partial charge >= 0.3 is 0 Å². The van der Waals surface area contributed by atoms with E-state index in [9.17, 15) is 4.79 Å². The summed E-state index contributed by atoms with van der Waals surface area (Å²) in [5.74, 6) is 0.905. The first-order valence-corrected chi connectivity index (χ1v) is 9.37. The molecule has 144 valence electrons. The number of hydrogen-bond acceptors (Lipinski definition) is 2. The first-order valence-electron chi connectivity index (χ1n) is 9.37. The van der Waals surface area contributed by atoms with Crippen LogP contribution in [-0.4, -0.2) is 30.2 Å². The second kappa shape index (κ2) is 15.2. The van der Waals surface area contributed by atoms with E-state index in [1.807, 2.05) is 23.6 Å². The molecule has 1 aromatic heterocycles. The molecule has 0 aliphatic carbocycles. The monoisotopic (exact) mass is 462 g/mol. The largest absolute Gasteiger partial charge is 0.357 e. The van der Waals surface area contributed by atoms with Crippen molar-refractivity contribution in [1.82, 2.24) is 15.2 Å². The Bertz CT molecular complexity index is 542. The lowest BCUT2D eigenvalue weighted by Gasteiger charge is -2.12. The number of hydrogen-bond donors (Lipinski definition) is 2. The van der Waals surface area contributed by atoms with E-state index in [4.69, 9.17) is 0 Å². The minimum atomic E-state index is 0. The summed E-state index contributed by atoms with van der Waals surface area (Å²) < 4.78 is 1.84. The van der Waals surface area contributed by atoms with Crippen LogP contribution in [-0.2, 0) is 6.54 Å². The molecule has 0 aliphatic heterocycles. The molecule has 6 heteroatoms. The summed E-state index contributed by atoms with van der Waals surface area (Å²) >= 11 is 0. The van der Waals surface area contributed by atoms with Gasteiger partial charge in [-0.25, -0.2) is 0 Å². The van der Waals surface area contributed by atoms with Crippen LogP contribution in [0.2, 0.25) is 0 Å². The summed E-state index contributed by atoms with van der Waals surface area (Å²) in [6.07, 6.45) is 6.95. The third kappa shape index (κ3) is 10.5. The summed E-state index contributed by atoms with van der Waals surface area (Å²) in [6, 6.07) is 5.42. The van der Waals surface area contributed by atoms with Gasteiger partial charge in [-0.2, -0.15) is 0 Å². The van der Waals surface area contributed by atoms with E-state index >= 15 is 0 Å². The van der Waals surface area contributed by atoms with Crippen LogP contribution in [0.15, 0.2) is 28.0 Å². The smallest absolute Gasteiger partial charge is 0.250 e. The lowest BCUT2D eigenvalue weighted by Crippen LogP contribution is -2.38. The number of aryl methyl sites for hydroxylation is 1. The molecule has 1 rings (SSSR count). The molecule has 1 heterocycles. The van der Waals surface area contributed by atoms with Crippen molar-refractivity contribution in [2.24, 2.45) is 4.99 Å². The molecule has 5 nitrogen and oxygen atoms in total. The molecule has 1 aromatic rings. The zero-order chi connectivity index (χ0) is 17.6. The molecule has 25 heavy (non-hydrogen) atoms. The van der Waals surface area contributed by atoms with E-state index < -0.39 is 0 Å². The molecule has 0 amide bonds. The fourth-order valence-corrected chi connectivity index (χ4v) is 2.58. The molecule has 0 radical (unpaired) electrons. The van der Waals surface area contributed by atoms with Gasteiger partial charge in [0.25, 0.3) is 5.56 Å². The Kier molecular flexibility index (Phi) is 14.6. The second-order valence-corrected chi connectivity index (χ2v) is 6.11. The van der Waals surface area contributed by atoms with Gasteiger partial charge in [0.1, 0.15) is 0 Å². The average Bonchev–Trinajstić information content (AvgIpc) is 2.56. The first kappa shape index (κ1) is 23.9. The SMILES string of the molecule is CCCCCCN=C(NCC)NCCCCn1c(C)cccc1=O.I. The van der Waals surface area contributed by atoms with E-state index in [1.54, 1.807) is 6.07 Å². The highest BCUT2D eigenvalue weighted by Gasteiger charge is 2.00. The summed E-state index contributed by atoms with van der Waals surface area (Å²) in [4.78, 5) is 16.4. The van der Waals surface area contributed by atoms with Gasteiger partial charge in [0, 0.05) is 37.9 Å². The number of rotatable bonds is 11. The average molecular weight is 462 g/mol. The van der Waals surface area contributed by atoms with E-state index in [-0.39, 0.29) is 29.5 Å². The van der Waals surface area contributed by atoms with E-state index in [1.165, 1.54) is 19.3 Å². The fourth-order valence-electron chi connectivity index (χ4n) is 2.58. The van der Waals surface area contributed by atoms with Crippen molar-refractivity contribution in [3.8, 4) is 0 Å². The lowest BCUT2D eigenvalue weighted by atomic mass is 10.2. The molecular weight excluding hydrogens is 427 g/mol. The van der Waals surface area contributed by atoms with Gasteiger partial charge in [-0.05, 0) is 39.2 Å². The van der Waals surface area contributed by atoms with Gasteiger partial charge in [-0.3, -0.25) is 9.79 Å². The van der Waals surface area contributed by atoms with Crippen molar-refractivity contribution >= 4 is 29.9 Å². The molecule has 0 spiro atoms. The van der Waals surface area contributed by atoms with E-state index in [2.05, 4.69) is 29.5 Å². The Morgan fingerprint density at radius 3 is 2.56 bits per heavy atom. The van der Waals surface area contributed by atoms with Gasteiger partial charge in [-0.1, -0.05) is 32.3 Å². The summed E-state index contributed by atoms with van der Waals surface area (Å²) in [6.45, 7) is 9.69. The zero-order valence-corrected chi connectivity index (χ0v) is 18.3. The Hall–Kier alpha value is -1.05. The van der Waals surface area contributed by atoms with Crippen LogP contribution in [0.3, 0.4) is 0 Å². The van der Waals surface area contributed by atoms with Crippen LogP contribution in [0.1, 0.15) is 58.1 Å². The van der Waals surface area contributed by atoms with Crippen molar-refractivity contribution in [2.75, 3.05) is 19.6 Å². The Morgan fingerprint density at radius 1 is 1.08 bits per heavy atom. The fraction of sp³-hybridized carbons (Fsp3) is 0.684. The third-order valence-corrected chi connectivity index (χ3v) is 3.99. The molecule has 0 unspecified atom stereocenters. The molecule has 0 bridgehead atoms. The molecule has 0 saturated carbocycles. The first-order chi connectivity index (χ1) is 11.7. The van der Waals surface area contributed by atoms with Gasteiger partial charge in [0.2, 0.25) is 0 Å². The number of halogens is 1. The van der Waals surface area contributed by atoms with Crippen molar-refractivity contribution in [3.63, 3.8) is 0 Å². The van der Waals surface area contributed by atoms with Crippen LogP contribution in [0, 0.1) is 6.92 Å². The van der Waals surface area contributed by atoms with Gasteiger partial charge < -0.3 is 15.2 Å². The van der Waals surface area contributed by atoms with Crippen molar-refractivity contribution < 1.29 is 0 Å². The maximum absolute atomic E-state index is 11.8. The van der Waals surface area contributed by atoms with Gasteiger partial charge in [-0.15, -0.1) is 24.0 Å². The second-order valence-electron chi connectivity index (χ2n) is 6.11. The quantitative estimate of drug-likeness (QED) is 0.228. The maximum Gasteiger partial charge on any atom is 0.250 e. The van der Waals surface area contributed by atoms with Gasteiger partial charge in [0.15, 0.2) is 5.96 Å². The highest BCUT2D eigenvalue weighted by Crippen LogP contribution is 1.99. The number of aromatic nitrogens is 1. The predicted octanol–water partition coefficient (Wildman–Crippen LogP) is 3.69. The molecule has 0 aliphatic rings. The minimum Gasteiger partial charge on any atom is -0.357 e. The van der Waals surface area contributed by atoms with Crippen LogP contribution in [0.5, 0.6) is 0 Å². The number of pyridine rings is 1. The van der Waals surface area contributed by atoms with Crippen molar-refractivity contribution in [1.29, 1.82) is 0 Å². The zero-order valence-electron chi connectivity index (χ0n) is 16.0. The molecule has 2 N–H and O–H groups in total. The van der Waals surface area contributed by atoms with Gasteiger partial charge in [0.05, 0.1) is 0 Å². The topological polar surface area (TPSA) is 58.4 Å². The number of nitrogens with zero attached hydrogens (tertiary/aromatic N) is 2. The Morgan fingerprint density at radius 2 is 1.88 bits per heavy atom. The summed E-state index contributed by atoms with van der Waals surface area (Å²) in [5, 5.41) is 6.66. The minimum absolute atomic E-state index is 0. The predicted molar refractivity (Wildman–Crippen MR) is 118 cm³/mol. The number of guanidine groups is 1. The maximum atomic E-state index is 11.8. The number of unbranched alkanes of at least 4 members (excludes halogenated alkanes) is 4. The molecule has 0 fully saturated rings. The number of aliphatic imine (C=N–C) groups is 1. The Balaban J connectivity index is 0.00000576. The number of nitrogens with one attached hydrogen (secondary N) is 2. The normalized spacial score (nSPS) is 11.1. The highest BCUT2D eigenvalue weighted by atomic mass is 127. The molecule has 0 atom stereocenters. The molecule has 0 aromatic carbocycles. The van der Waals surface area contributed by atoms with Crippen molar-refractivity contribution in [3.05, 3.63) is 34.2 Å². The summed E-state index contributed by atoms with van der Waals surface area (Å²) in [7, 11) is 0. The molecular formula is C19H35IN4O. The Labute approximate surface area is 169 Å². The highest BCUT2D eigenvalue weighted by molar-refractivity contribution is 14.0. The third-order valence-electron chi connectivity index (χ3n) is 3.99. The van der Waals surface area contributed by atoms with Crippen LogP contribution >= 0.6 is 24.0 Å². The van der Waals surface area contributed by atoms with Crippen LogP contribution in [0.25, 0.3) is 0 Å². The van der Waals surface area contributed by atoms with Crippen LogP contribution < -0.4 is 16.2 Å². The lowest BCUT2D eigenvalue weighted by molar-refractivity contribution is 0.574. The van der Waals surface area contributed by atoms with E-state index in [0.29, 0.717) is 0 Å². The summed E-state index contributed by atoms with van der Waals surface area (Å²) in [5.41, 5.74) is 1.11. The van der Waals surface area contributed by atoms with Crippen molar-refractivity contribution in [2.45, 2.75) is 65.8 Å². The standard InChI is InChI=1S/C19H34N4O.HI/c1-4-6-7-8-14-21-19(20-5-2)22-15-9-10-16-23-17(3)12-11-13-18(23)24;/h11-13H,4-10,14-16H2,1-3H3,(H2,20,21,22);1H. The van der Waals surface area contributed by atoms with Crippen LogP contribution in [0.4, 0.5) is 0 Å². The molecule has 0 saturated heterocycles.